The topological polar surface area (TPSA) is 136 Å². The zero-order valence-corrected chi connectivity index (χ0v) is 11.2. The normalized spacial score (nSPS) is 11.3. The Hall–Kier alpha value is -1.45. The van der Waals surface area contributed by atoms with Crippen LogP contribution < -0.4 is 21.7 Å². The second-order valence-electron chi connectivity index (χ2n) is 3.88. The molecule has 6 N–H and O–H groups in total. The standard InChI is InChI=1S/C9H18N6O2S/c1-6-8(12-4-3-5-18(11,16)17)13-7(2)14-9(6)15-10/h3-5,10H2,1-2H3,(H2,11,16,17)(H2,12,13,14,15). The molecule has 0 saturated carbocycles. The van der Waals surface area contributed by atoms with Crippen LogP contribution in [0.25, 0.3) is 0 Å². The number of anilines is 2. The van der Waals surface area contributed by atoms with Gasteiger partial charge < -0.3 is 10.7 Å². The van der Waals surface area contributed by atoms with Gasteiger partial charge in [-0.2, -0.15) is 0 Å². The van der Waals surface area contributed by atoms with Crippen LogP contribution in [0.5, 0.6) is 0 Å². The number of hydrogen-bond acceptors (Lipinski definition) is 7. The molecule has 0 atom stereocenters. The summed E-state index contributed by atoms with van der Waals surface area (Å²) in [6.07, 6.45) is 0.409. The van der Waals surface area contributed by atoms with Crippen molar-refractivity contribution in [3.05, 3.63) is 11.4 Å². The maximum Gasteiger partial charge on any atom is 0.209 e. The Morgan fingerprint density at radius 3 is 2.39 bits per heavy atom. The van der Waals surface area contributed by atoms with E-state index in [1.54, 1.807) is 6.92 Å². The highest BCUT2D eigenvalue weighted by Gasteiger charge is 2.08. The van der Waals surface area contributed by atoms with Crippen molar-refractivity contribution in [3.63, 3.8) is 0 Å². The average Bonchev–Trinajstić information content (AvgIpc) is 2.27. The van der Waals surface area contributed by atoms with E-state index < -0.39 is 10.0 Å². The van der Waals surface area contributed by atoms with Crippen molar-refractivity contribution in [2.24, 2.45) is 11.0 Å². The lowest BCUT2D eigenvalue weighted by Crippen LogP contribution is -2.19. The third-order valence-corrected chi connectivity index (χ3v) is 3.15. The summed E-state index contributed by atoms with van der Waals surface area (Å²) in [6, 6.07) is 0. The summed E-state index contributed by atoms with van der Waals surface area (Å²) in [6.45, 7) is 4.02. The van der Waals surface area contributed by atoms with Gasteiger partial charge in [-0.05, 0) is 20.3 Å². The monoisotopic (exact) mass is 274 g/mol. The Kier molecular flexibility index (Phi) is 4.82. The first-order valence-electron chi connectivity index (χ1n) is 5.39. The van der Waals surface area contributed by atoms with Gasteiger partial charge in [0.2, 0.25) is 10.0 Å². The van der Waals surface area contributed by atoms with Crippen LogP contribution in [0.15, 0.2) is 0 Å². The van der Waals surface area contributed by atoms with E-state index in [1.165, 1.54) is 0 Å². The molecule has 0 amide bonds. The van der Waals surface area contributed by atoms with Crippen LogP contribution in [-0.2, 0) is 10.0 Å². The molecule has 102 valence electrons. The van der Waals surface area contributed by atoms with Gasteiger partial charge in [0.1, 0.15) is 17.5 Å². The van der Waals surface area contributed by atoms with Crippen LogP contribution in [-0.4, -0.2) is 30.7 Å². The summed E-state index contributed by atoms with van der Waals surface area (Å²) < 4.78 is 21.5. The van der Waals surface area contributed by atoms with Crippen molar-refractivity contribution in [3.8, 4) is 0 Å². The molecule has 0 fully saturated rings. The van der Waals surface area contributed by atoms with Crippen molar-refractivity contribution >= 4 is 21.7 Å². The maximum atomic E-state index is 10.8. The molecule has 0 aliphatic heterocycles. The number of hydrogen-bond donors (Lipinski definition) is 4. The first-order valence-corrected chi connectivity index (χ1v) is 7.11. The Balaban J connectivity index is 2.65. The van der Waals surface area contributed by atoms with Gasteiger partial charge in [-0.25, -0.2) is 29.4 Å². The summed E-state index contributed by atoms with van der Waals surface area (Å²) in [5.74, 6) is 7.01. The molecule has 18 heavy (non-hydrogen) atoms. The van der Waals surface area contributed by atoms with E-state index in [2.05, 4.69) is 20.7 Å². The number of hydrazine groups is 1. The smallest absolute Gasteiger partial charge is 0.209 e. The van der Waals surface area contributed by atoms with Crippen LogP contribution >= 0.6 is 0 Å². The Morgan fingerprint density at radius 1 is 1.22 bits per heavy atom. The lowest BCUT2D eigenvalue weighted by Gasteiger charge is -2.12. The molecule has 9 heteroatoms. The van der Waals surface area contributed by atoms with Gasteiger partial charge >= 0.3 is 0 Å². The first-order chi connectivity index (χ1) is 8.33. The van der Waals surface area contributed by atoms with Crippen LogP contribution in [0.3, 0.4) is 0 Å². The van der Waals surface area contributed by atoms with Gasteiger partial charge in [-0.1, -0.05) is 0 Å². The quantitative estimate of drug-likeness (QED) is 0.311. The molecular weight excluding hydrogens is 256 g/mol. The van der Waals surface area contributed by atoms with Crippen molar-refractivity contribution < 1.29 is 8.42 Å². The summed E-state index contributed by atoms with van der Waals surface area (Å²) in [5, 5.41) is 7.94. The number of sulfonamides is 1. The molecule has 0 bridgehead atoms. The van der Waals surface area contributed by atoms with Crippen molar-refractivity contribution in [1.82, 2.24) is 9.97 Å². The van der Waals surface area contributed by atoms with Gasteiger partial charge in [0.15, 0.2) is 0 Å². The number of rotatable bonds is 6. The number of nitrogens with zero attached hydrogens (tertiary/aromatic N) is 2. The number of nitrogens with two attached hydrogens (primary N) is 2. The molecule has 1 rings (SSSR count). The Morgan fingerprint density at radius 2 is 1.83 bits per heavy atom. The van der Waals surface area contributed by atoms with Crippen molar-refractivity contribution in [1.29, 1.82) is 0 Å². The fourth-order valence-electron chi connectivity index (χ4n) is 1.42. The third-order valence-electron chi connectivity index (χ3n) is 2.29. The predicted molar refractivity (Wildman–Crippen MR) is 70.4 cm³/mol. The van der Waals surface area contributed by atoms with E-state index in [1.807, 2.05) is 6.92 Å². The van der Waals surface area contributed by atoms with Crippen LogP contribution in [0, 0.1) is 13.8 Å². The summed E-state index contributed by atoms with van der Waals surface area (Å²) >= 11 is 0. The highest BCUT2D eigenvalue weighted by atomic mass is 32.2. The van der Waals surface area contributed by atoms with E-state index in [0.29, 0.717) is 30.4 Å². The molecule has 0 aromatic carbocycles. The second-order valence-corrected chi connectivity index (χ2v) is 5.62. The van der Waals surface area contributed by atoms with Gasteiger partial charge in [0.25, 0.3) is 0 Å². The number of nitrogen functional groups attached to an aromatic ring is 1. The zero-order chi connectivity index (χ0) is 13.8. The number of nitrogens with one attached hydrogen (secondary N) is 2. The minimum atomic E-state index is -3.41. The number of aryl methyl sites for hydroxylation is 1. The molecule has 0 spiro atoms. The molecule has 0 radical (unpaired) electrons. The molecule has 0 saturated heterocycles. The van der Waals surface area contributed by atoms with Crippen LogP contribution in [0.2, 0.25) is 0 Å². The maximum absolute atomic E-state index is 10.8. The first kappa shape index (κ1) is 14.6. The average molecular weight is 274 g/mol. The van der Waals surface area contributed by atoms with E-state index in [4.69, 9.17) is 11.0 Å². The molecular formula is C9H18N6O2S. The largest absolute Gasteiger partial charge is 0.370 e. The third kappa shape index (κ3) is 4.43. The minimum absolute atomic E-state index is 0.0644. The van der Waals surface area contributed by atoms with E-state index >= 15 is 0 Å². The minimum Gasteiger partial charge on any atom is -0.370 e. The van der Waals surface area contributed by atoms with Gasteiger partial charge in [0, 0.05) is 12.1 Å². The molecule has 8 nitrogen and oxygen atoms in total. The van der Waals surface area contributed by atoms with E-state index in [9.17, 15) is 8.42 Å². The van der Waals surface area contributed by atoms with E-state index in [0.717, 1.165) is 5.56 Å². The molecule has 0 aliphatic rings. The second kappa shape index (κ2) is 5.94. The van der Waals surface area contributed by atoms with E-state index in [-0.39, 0.29) is 5.75 Å². The molecule has 1 aromatic heterocycles. The van der Waals surface area contributed by atoms with Crippen molar-refractivity contribution in [2.45, 2.75) is 20.3 Å². The fourth-order valence-corrected chi connectivity index (χ4v) is 1.97. The highest BCUT2D eigenvalue weighted by molar-refractivity contribution is 7.89. The number of aromatic nitrogens is 2. The lowest BCUT2D eigenvalue weighted by atomic mass is 10.3. The van der Waals surface area contributed by atoms with Crippen molar-refractivity contribution in [2.75, 3.05) is 23.0 Å². The highest BCUT2D eigenvalue weighted by Crippen LogP contribution is 2.18. The fraction of sp³-hybridized carbons (Fsp3) is 0.556. The summed E-state index contributed by atoms with van der Waals surface area (Å²) in [5.41, 5.74) is 3.26. The predicted octanol–water partition coefficient (Wildman–Crippen LogP) is -0.530. The van der Waals surface area contributed by atoms with Crippen LogP contribution in [0.4, 0.5) is 11.6 Å². The Bertz CT molecular complexity index is 516. The lowest BCUT2D eigenvalue weighted by molar-refractivity contribution is 0.595. The zero-order valence-electron chi connectivity index (χ0n) is 10.4. The molecule has 1 aromatic rings. The Labute approximate surface area is 106 Å². The van der Waals surface area contributed by atoms with Gasteiger partial charge in [0.05, 0.1) is 5.75 Å². The summed E-state index contributed by atoms with van der Waals surface area (Å²) in [4.78, 5) is 8.33. The van der Waals surface area contributed by atoms with Crippen LogP contribution in [0.1, 0.15) is 17.8 Å². The SMILES string of the molecule is Cc1nc(NN)c(C)c(NCCCS(N)(=O)=O)n1. The number of primary sulfonamides is 1. The summed E-state index contributed by atoms with van der Waals surface area (Å²) in [7, 11) is -3.41. The van der Waals surface area contributed by atoms with Gasteiger partial charge in [-0.15, -0.1) is 0 Å². The van der Waals surface area contributed by atoms with Gasteiger partial charge in [-0.3, -0.25) is 0 Å². The molecule has 0 aliphatic carbocycles. The molecule has 0 unspecified atom stereocenters. The molecule has 1 heterocycles.